The number of nitrogens with two attached hydrogens (primary N) is 1. The fraction of sp³-hybridized carbons (Fsp3) is 0.538. The smallest absolute Gasteiger partial charge is 0.362 e. The van der Waals surface area contributed by atoms with Gasteiger partial charge in [-0.15, -0.1) is 0 Å². The summed E-state index contributed by atoms with van der Waals surface area (Å²) in [5.74, 6) is 0.943. The Morgan fingerprint density at radius 2 is 2.16 bits per heavy atom. The molecule has 0 radical (unpaired) electrons. The van der Waals surface area contributed by atoms with Crippen molar-refractivity contribution in [2.45, 2.75) is 39.0 Å². The molecule has 1 atom stereocenters. The molecule has 6 heteroatoms. The number of carbonyl (C=O) groups excluding carboxylic acids is 1. The summed E-state index contributed by atoms with van der Waals surface area (Å²) in [5, 5.41) is 6.52. The third-order valence-corrected chi connectivity index (χ3v) is 5.47. The van der Waals surface area contributed by atoms with Gasteiger partial charge in [-0.2, -0.15) is 0 Å². The second kappa shape index (κ2) is 6.11. The molecule has 0 aliphatic carbocycles. The lowest BCUT2D eigenvalue weighted by molar-refractivity contribution is 0.0728. The third-order valence-electron chi connectivity index (χ3n) is 2.49. The molecular formula is C13H21ClN2O2S. The lowest BCUT2D eigenvalue weighted by atomic mass is 10.2. The van der Waals surface area contributed by atoms with E-state index in [-0.39, 0.29) is 5.30 Å². The van der Waals surface area contributed by atoms with E-state index in [2.05, 4.69) is 4.98 Å². The predicted molar refractivity (Wildman–Crippen MR) is 81.5 cm³/mol. The summed E-state index contributed by atoms with van der Waals surface area (Å²) in [6, 6.07) is 1.70. The van der Waals surface area contributed by atoms with E-state index in [1.807, 2.05) is 27.7 Å². The molecule has 1 heterocycles. The molecule has 0 aliphatic heterocycles. The van der Waals surface area contributed by atoms with Gasteiger partial charge in [-0.1, -0.05) is 28.7 Å². The summed E-state index contributed by atoms with van der Waals surface area (Å²) in [4.78, 5) is 16.3. The van der Waals surface area contributed by atoms with Gasteiger partial charge in [-0.25, -0.2) is 4.79 Å². The van der Waals surface area contributed by atoms with E-state index in [9.17, 15) is 4.79 Å². The van der Waals surface area contributed by atoms with Crippen LogP contribution in [0.3, 0.4) is 0 Å². The van der Waals surface area contributed by atoms with Crippen LogP contribution in [0.1, 0.15) is 33.3 Å². The Hall–Kier alpha value is -0.780. The lowest BCUT2D eigenvalue weighted by Gasteiger charge is -2.34. The number of rotatable bonds is 3. The van der Waals surface area contributed by atoms with Gasteiger partial charge in [0.15, 0.2) is 0 Å². The zero-order valence-corrected chi connectivity index (χ0v) is 13.3. The summed E-state index contributed by atoms with van der Waals surface area (Å²) >= 11 is 6.09. The van der Waals surface area contributed by atoms with Gasteiger partial charge in [0, 0.05) is 23.2 Å². The van der Waals surface area contributed by atoms with Crippen molar-refractivity contribution in [2.24, 2.45) is 5.14 Å². The molecule has 1 rings (SSSR count). The Kier molecular flexibility index (Phi) is 5.24. The highest BCUT2D eigenvalue weighted by Crippen LogP contribution is 2.46. The molecule has 1 aromatic rings. The van der Waals surface area contributed by atoms with Crippen LogP contribution in [-0.2, 0) is 10.5 Å². The molecule has 0 saturated heterocycles. The molecule has 0 bridgehead atoms. The first kappa shape index (κ1) is 16.3. The minimum atomic E-state index is -2.05. The Labute approximate surface area is 121 Å². The standard InChI is InChI=1S/C13H21ClN2O2S/c1-5-19(15,12(17)18-13(2,3)4)9-10-8-16-7-6-11(10)14/h6-8H,5,9,15H2,1-4H3. The number of pyridine rings is 1. The van der Waals surface area contributed by atoms with E-state index in [0.29, 0.717) is 16.5 Å². The number of halogens is 1. The summed E-state index contributed by atoms with van der Waals surface area (Å²) < 4.78 is 5.42. The van der Waals surface area contributed by atoms with E-state index in [4.69, 9.17) is 21.5 Å². The maximum Gasteiger partial charge on any atom is 0.362 e. The van der Waals surface area contributed by atoms with Gasteiger partial charge < -0.3 is 4.74 Å². The van der Waals surface area contributed by atoms with Crippen LogP contribution in [0.25, 0.3) is 0 Å². The van der Waals surface area contributed by atoms with E-state index < -0.39 is 15.8 Å². The Balaban J connectivity index is 2.92. The van der Waals surface area contributed by atoms with Crippen LogP contribution in [0.4, 0.5) is 4.79 Å². The van der Waals surface area contributed by atoms with Gasteiger partial charge in [-0.05, 0) is 38.2 Å². The second-order valence-corrected chi connectivity index (χ2v) is 8.80. The van der Waals surface area contributed by atoms with Gasteiger partial charge in [0.05, 0.1) is 0 Å². The Morgan fingerprint density at radius 3 is 2.63 bits per heavy atom. The quantitative estimate of drug-likeness (QED) is 0.861. The summed E-state index contributed by atoms with van der Waals surface area (Å²) in [6.07, 6.45) is 3.26. The Morgan fingerprint density at radius 1 is 1.53 bits per heavy atom. The average Bonchev–Trinajstić information content (AvgIpc) is 2.29. The number of ether oxygens (including phenoxy) is 1. The highest BCUT2D eigenvalue weighted by Gasteiger charge is 2.32. The summed E-state index contributed by atoms with van der Waals surface area (Å²) in [7, 11) is -2.05. The highest BCUT2D eigenvalue weighted by molar-refractivity contribution is 8.42. The first-order valence-corrected chi connectivity index (χ1v) is 8.47. The van der Waals surface area contributed by atoms with Crippen molar-refractivity contribution in [1.29, 1.82) is 0 Å². The van der Waals surface area contributed by atoms with Crippen molar-refractivity contribution in [3.63, 3.8) is 0 Å². The number of hydrogen-bond donors (Lipinski definition) is 1. The summed E-state index contributed by atoms with van der Waals surface area (Å²) in [6.45, 7) is 7.38. The second-order valence-electron chi connectivity index (χ2n) is 5.31. The largest absolute Gasteiger partial charge is 0.452 e. The van der Waals surface area contributed by atoms with Gasteiger partial charge in [-0.3, -0.25) is 10.1 Å². The van der Waals surface area contributed by atoms with E-state index >= 15 is 0 Å². The van der Waals surface area contributed by atoms with Crippen LogP contribution in [0, 0.1) is 0 Å². The molecule has 2 N–H and O–H groups in total. The third kappa shape index (κ3) is 4.67. The molecule has 0 fully saturated rings. The number of hydrogen-bond acceptors (Lipinski definition) is 4. The highest BCUT2D eigenvalue weighted by atomic mass is 35.5. The van der Waals surface area contributed by atoms with Gasteiger partial charge in [0.1, 0.15) is 5.60 Å². The fourth-order valence-corrected chi connectivity index (χ4v) is 3.42. The van der Waals surface area contributed by atoms with Crippen LogP contribution < -0.4 is 5.14 Å². The molecule has 0 amide bonds. The van der Waals surface area contributed by atoms with Gasteiger partial charge in [0.25, 0.3) is 0 Å². The monoisotopic (exact) mass is 304 g/mol. The number of nitrogens with zero attached hydrogens (tertiary/aromatic N) is 1. The van der Waals surface area contributed by atoms with Crippen molar-refractivity contribution in [3.8, 4) is 0 Å². The van der Waals surface area contributed by atoms with Gasteiger partial charge in [0.2, 0.25) is 0 Å². The molecule has 1 unspecified atom stereocenters. The number of aromatic nitrogens is 1. The minimum Gasteiger partial charge on any atom is -0.452 e. The molecule has 4 nitrogen and oxygen atoms in total. The first-order valence-electron chi connectivity index (χ1n) is 6.06. The topological polar surface area (TPSA) is 65.2 Å². The number of carbonyl (C=O) groups is 1. The van der Waals surface area contributed by atoms with Crippen LogP contribution in [-0.4, -0.2) is 21.6 Å². The zero-order valence-electron chi connectivity index (χ0n) is 11.8. The van der Waals surface area contributed by atoms with Crippen LogP contribution in [0.5, 0.6) is 0 Å². The average molecular weight is 305 g/mol. The molecule has 1 aromatic heterocycles. The summed E-state index contributed by atoms with van der Waals surface area (Å²) in [5.41, 5.74) is 0.247. The zero-order chi connectivity index (χ0) is 14.7. The molecule has 0 aromatic carbocycles. The van der Waals surface area contributed by atoms with Crippen molar-refractivity contribution >= 4 is 27.1 Å². The van der Waals surface area contributed by atoms with Crippen molar-refractivity contribution in [3.05, 3.63) is 29.0 Å². The predicted octanol–water partition coefficient (Wildman–Crippen LogP) is 3.87. The van der Waals surface area contributed by atoms with Crippen LogP contribution >= 0.6 is 21.8 Å². The molecule has 108 valence electrons. The molecule has 0 saturated carbocycles. The molecule has 0 aliphatic rings. The molecule has 19 heavy (non-hydrogen) atoms. The maximum absolute atomic E-state index is 12.3. The van der Waals surface area contributed by atoms with Crippen molar-refractivity contribution in [2.75, 3.05) is 5.75 Å². The maximum atomic E-state index is 12.3. The van der Waals surface area contributed by atoms with E-state index in [1.165, 1.54) is 0 Å². The van der Waals surface area contributed by atoms with Crippen molar-refractivity contribution < 1.29 is 9.53 Å². The minimum absolute atomic E-state index is 0.331. The van der Waals surface area contributed by atoms with Gasteiger partial charge >= 0.3 is 5.30 Å². The van der Waals surface area contributed by atoms with E-state index in [0.717, 1.165) is 5.56 Å². The first-order chi connectivity index (χ1) is 8.68. The lowest BCUT2D eigenvalue weighted by Crippen LogP contribution is -2.32. The van der Waals surface area contributed by atoms with Crippen molar-refractivity contribution in [1.82, 2.24) is 4.98 Å². The fourth-order valence-electron chi connectivity index (χ4n) is 1.41. The SMILES string of the molecule is CCS(N)(Cc1cnccc1Cl)C(=O)OC(C)(C)C. The normalized spacial score (nSPS) is 16.5. The van der Waals surface area contributed by atoms with E-state index in [1.54, 1.807) is 18.5 Å². The van der Waals surface area contributed by atoms with Crippen LogP contribution in [0.2, 0.25) is 5.02 Å². The molecule has 0 spiro atoms. The van der Waals surface area contributed by atoms with Crippen LogP contribution in [0.15, 0.2) is 18.5 Å². The Bertz CT molecular complexity index is 462. The molecular weight excluding hydrogens is 284 g/mol.